The van der Waals surface area contributed by atoms with Gasteiger partial charge in [0, 0.05) is 24.0 Å². The Bertz CT molecular complexity index is 814. The summed E-state index contributed by atoms with van der Waals surface area (Å²) in [6.07, 6.45) is 1.57. The van der Waals surface area contributed by atoms with Gasteiger partial charge in [0.1, 0.15) is 0 Å². The van der Waals surface area contributed by atoms with Gasteiger partial charge in [0.15, 0.2) is 11.6 Å². The first-order chi connectivity index (χ1) is 13.0. The fraction of sp³-hybridized carbons (Fsp3) is 0.300. The van der Waals surface area contributed by atoms with Gasteiger partial charge in [-0.25, -0.2) is 8.78 Å². The van der Waals surface area contributed by atoms with Crippen molar-refractivity contribution in [1.82, 2.24) is 4.90 Å². The largest absolute Gasteiger partial charge is 0.326 e. The first-order valence-electron chi connectivity index (χ1n) is 8.84. The van der Waals surface area contributed by atoms with Crippen molar-refractivity contribution in [3.8, 4) is 0 Å². The van der Waals surface area contributed by atoms with Gasteiger partial charge >= 0.3 is 0 Å². The summed E-state index contributed by atoms with van der Waals surface area (Å²) in [7, 11) is 0. The maximum absolute atomic E-state index is 13.2. The molecule has 1 saturated heterocycles. The molecule has 0 bridgehead atoms. The van der Waals surface area contributed by atoms with Gasteiger partial charge in [-0.1, -0.05) is 18.2 Å². The van der Waals surface area contributed by atoms with Crippen LogP contribution in [-0.2, 0) is 9.59 Å². The van der Waals surface area contributed by atoms with E-state index in [9.17, 15) is 18.4 Å². The Morgan fingerprint density at radius 3 is 2.52 bits per heavy atom. The molecule has 3 rings (SSSR count). The molecule has 1 aliphatic rings. The highest BCUT2D eigenvalue weighted by molar-refractivity contribution is 5.93. The van der Waals surface area contributed by atoms with Crippen molar-refractivity contribution in [3.05, 3.63) is 60.2 Å². The van der Waals surface area contributed by atoms with Gasteiger partial charge in [0.25, 0.3) is 0 Å². The molecule has 0 radical (unpaired) electrons. The molecule has 0 spiro atoms. The number of halogens is 2. The highest BCUT2D eigenvalue weighted by atomic mass is 19.2. The van der Waals surface area contributed by atoms with Gasteiger partial charge < -0.3 is 10.6 Å². The minimum Gasteiger partial charge on any atom is -0.326 e. The second-order valence-electron chi connectivity index (χ2n) is 6.61. The fourth-order valence-electron chi connectivity index (χ4n) is 3.16. The lowest BCUT2D eigenvalue weighted by Crippen LogP contribution is -2.44. The van der Waals surface area contributed by atoms with Gasteiger partial charge in [-0.15, -0.1) is 0 Å². The Morgan fingerprint density at radius 1 is 1.00 bits per heavy atom. The molecule has 27 heavy (non-hydrogen) atoms. The summed E-state index contributed by atoms with van der Waals surface area (Å²) in [5.41, 5.74) is 0.949. The van der Waals surface area contributed by atoms with E-state index in [2.05, 4.69) is 10.6 Å². The standard InChI is InChI=1S/C20H21F2N3O2/c21-17-9-8-16(11-18(17)22)23-19(26)13-25-10-4-5-14(12-25)20(27)24-15-6-2-1-3-7-15/h1-3,6-9,11,14H,4-5,10,12-13H2,(H,23,26)(H,24,27)/t14-/m0/s1. The van der Waals surface area contributed by atoms with E-state index in [1.165, 1.54) is 6.07 Å². The third kappa shape index (κ3) is 5.34. The third-order valence-corrected chi connectivity index (χ3v) is 4.49. The van der Waals surface area contributed by atoms with Crippen molar-refractivity contribution in [2.75, 3.05) is 30.3 Å². The minimum absolute atomic E-state index is 0.0630. The lowest BCUT2D eigenvalue weighted by molar-refractivity contribution is -0.123. The molecule has 0 aliphatic carbocycles. The molecule has 2 aromatic rings. The Morgan fingerprint density at radius 2 is 1.78 bits per heavy atom. The maximum atomic E-state index is 13.2. The van der Waals surface area contributed by atoms with Crippen LogP contribution in [0.3, 0.4) is 0 Å². The average Bonchev–Trinajstić information content (AvgIpc) is 2.66. The molecule has 5 nitrogen and oxygen atoms in total. The van der Waals surface area contributed by atoms with Gasteiger partial charge in [0.2, 0.25) is 11.8 Å². The van der Waals surface area contributed by atoms with Crippen LogP contribution in [-0.4, -0.2) is 36.3 Å². The highest BCUT2D eigenvalue weighted by Crippen LogP contribution is 2.19. The van der Waals surface area contributed by atoms with Gasteiger partial charge in [-0.3, -0.25) is 14.5 Å². The molecule has 0 aromatic heterocycles. The van der Waals surface area contributed by atoms with Crippen molar-refractivity contribution in [1.29, 1.82) is 0 Å². The number of rotatable bonds is 5. The molecular weight excluding hydrogens is 352 g/mol. The van der Waals surface area contributed by atoms with Crippen LogP contribution in [0, 0.1) is 17.6 Å². The van der Waals surface area contributed by atoms with E-state index < -0.39 is 11.6 Å². The molecule has 1 aliphatic heterocycles. The zero-order valence-corrected chi connectivity index (χ0v) is 14.8. The average molecular weight is 373 g/mol. The lowest BCUT2D eigenvalue weighted by atomic mass is 9.97. The summed E-state index contributed by atoms with van der Waals surface area (Å²) in [5.74, 6) is -2.56. The van der Waals surface area contributed by atoms with Crippen molar-refractivity contribution in [2.24, 2.45) is 5.92 Å². The second kappa shape index (κ2) is 8.73. The normalized spacial score (nSPS) is 17.3. The molecule has 1 fully saturated rings. The van der Waals surface area contributed by atoms with E-state index in [4.69, 9.17) is 0 Å². The molecule has 1 heterocycles. The van der Waals surface area contributed by atoms with Crippen LogP contribution in [0.1, 0.15) is 12.8 Å². The number of para-hydroxylation sites is 1. The van der Waals surface area contributed by atoms with E-state index in [1.807, 2.05) is 35.2 Å². The molecule has 0 saturated carbocycles. The van der Waals surface area contributed by atoms with E-state index in [0.717, 1.165) is 30.7 Å². The number of anilines is 2. The topological polar surface area (TPSA) is 61.4 Å². The predicted octanol–water partition coefficient (Wildman–Crippen LogP) is 3.25. The van der Waals surface area contributed by atoms with Gasteiger partial charge in [-0.05, 0) is 43.7 Å². The predicted molar refractivity (Wildman–Crippen MR) is 99.2 cm³/mol. The lowest BCUT2D eigenvalue weighted by Gasteiger charge is -2.31. The summed E-state index contributed by atoms with van der Waals surface area (Å²) in [4.78, 5) is 26.5. The van der Waals surface area contributed by atoms with Gasteiger partial charge in [-0.2, -0.15) is 0 Å². The zero-order chi connectivity index (χ0) is 19.2. The summed E-state index contributed by atoms with van der Waals surface area (Å²) in [6, 6.07) is 12.5. The van der Waals surface area contributed by atoms with E-state index >= 15 is 0 Å². The van der Waals surface area contributed by atoms with Crippen LogP contribution in [0.5, 0.6) is 0 Å². The van der Waals surface area contributed by atoms with Crippen LogP contribution >= 0.6 is 0 Å². The SMILES string of the molecule is O=C(CN1CCC[C@H](C(=O)Nc2ccccc2)C1)Nc1ccc(F)c(F)c1. The molecule has 1 atom stereocenters. The molecule has 2 aromatic carbocycles. The molecule has 142 valence electrons. The molecular formula is C20H21F2N3O2. The first-order valence-corrected chi connectivity index (χ1v) is 8.84. The first kappa shape index (κ1) is 19.0. The van der Waals surface area contributed by atoms with E-state index in [1.54, 1.807) is 0 Å². The number of nitrogens with one attached hydrogen (secondary N) is 2. The van der Waals surface area contributed by atoms with Crippen LogP contribution in [0.2, 0.25) is 0 Å². The minimum atomic E-state index is -1.01. The number of benzene rings is 2. The number of carbonyl (C=O) groups is 2. The number of likely N-dealkylation sites (tertiary alicyclic amines) is 1. The quantitative estimate of drug-likeness (QED) is 0.846. The monoisotopic (exact) mass is 373 g/mol. The molecule has 2 amide bonds. The van der Waals surface area contributed by atoms with Crippen LogP contribution in [0.15, 0.2) is 48.5 Å². The van der Waals surface area contributed by atoms with E-state index in [-0.39, 0.29) is 30.0 Å². The highest BCUT2D eigenvalue weighted by Gasteiger charge is 2.27. The third-order valence-electron chi connectivity index (χ3n) is 4.49. The van der Waals surface area contributed by atoms with Crippen molar-refractivity contribution >= 4 is 23.2 Å². The smallest absolute Gasteiger partial charge is 0.238 e. The fourth-order valence-corrected chi connectivity index (χ4v) is 3.16. The Hall–Kier alpha value is -2.80. The zero-order valence-electron chi connectivity index (χ0n) is 14.8. The Kier molecular flexibility index (Phi) is 6.13. The van der Waals surface area contributed by atoms with Crippen LogP contribution < -0.4 is 10.6 Å². The van der Waals surface area contributed by atoms with Crippen molar-refractivity contribution < 1.29 is 18.4 Å². The van der Waals surface area contributed by atoms with Gasteiger partial charge in [0.05, 0.1) is 12.5 Å². The number of nitrogens with zero attached hydrogens (tertiary/aromatic N) is 1. The Balaban J connectivity index is 1.52. The summed E-state index contributed by atoms with van der Waals surface area (Å²) >= 11 is 0. The number of carbonyl (C=O) groups excluding carboxylic acids is 2. The number of hydrogen-bond acceptors (Lipinski definition) is 3. The Labute approximate surface area is 156 Å². The van der Waals surface area contributed by atoms with Crippen LogP contribution in [0.25, 0.3) is 0 Å². The second-order valence-corrected chi connectivity index (χ2v) is 6.61. The van der Waals surface area contributed by atoms with Crippen molar-refractivity contribution in [3.63, 3.8) is 0 Å². The number of amides is 2. The van der Waals surface area contributed by atoms with Crippen molar-refractivity contribution in [2.45, 2.75) is 12.8 Å². The maximum Gasteiger partial charge on any atom is 0.238 e. The number of piperidine rings is 1. The van der Waals surface area contributed by atoms with E-state index in [0.29, 0.717) is 13.1 Å². The molecule has 0 unspecified atom stereocenters. The number of hydrogen-bond donors (Lipinski definition) is 2. The summed E-state index contributed by atoms with van der Waals surface area (Å²) in [5, 5.41) is 5.45. The summed E-state index contributed by atoms with van der Waals surface area (Å²) in [6.45, 7) is 1.28. The molecule has 7 heteroatoms. The molecule has 2 N–H and O–H groups in total. The summed E-state index contributed by atoms with van der Waals surface area (Å²) < 4.78 is 26.2. The van der Waals surface area contributed by atoms with Crippen LogP contribution in [0.4, 0.5) is 20.2 Å².